The lowest BCUT2D eigenvalue weighted by Gasteiger charge is -2.20. The van der Waals surface area contributed by atoms with Crippen LogP contribution in [0.1, 0.15) is 24.2 Å². The minimum absolute atomic E-state index is 0.0276. The van der Waals surface area contributed by atoms with Crippen molar-refractivity contribution in [1.82, 2.24) is 19.4 Å². The molecule has 0 aromatic carbocycles. The Bertz CT molecular complexity index is 587. The highest BCUT2D eigenvalue weighted by Crippen LogP contribution is 2.09. The highest BCUT2D eigenvalue weighted by atomic mass is 16.2. The minimum atomic E-state index is -0.0276. The fourth-order valence-corrected chi connectivity index (χ4v) is 1.90. The van der Waals surface area contributed by atoms with Gasteiger partial charge in [0.25, 0.3) is 5.91 Å². The van der Waals surface area contributed by atoms with Crippen molar-refractivity contribution in [3.05, 3.63) is 54.8 Å². The standard InChI is InChI=1S/C15H18N4O/c1-4-18(10-12(2)3)15(20)13-5-6-14(17-9-13)19-8-7-16-11-19/h5-9,11H,2,4,10H2,1,3H3. The van der Waals surface area contributed by atoms with E-state index in [4.69, 9.17) is 0 Å². The van der Waals surface area contributed by atoms with Gasteiger partial charge in [0.05, 0.1) is 5.56 Å². The molecule has 0 unspecified atom stereocenters. The molecule has 0 N–H and O–H groups in total. The van der Waals surface area contributed by atoms with E-state index in [0.29, 0.717) is 18.7 Å². The summed E-state index contributed by atoms with van der Waals surface area (Å²) in [6.07, 6.45) is 6.76. The van der Waals surface area contributed by atoms with Crippen LogP contribution in [0.15, 0.2) is 49.2 Å². The van der Waals surface area contributed by atoms with Crippen LogP contribution in [0.2, 0.25) is 0 Å². The Kier molecular flexibility index (Phi) is 4.30. The van der Waals surface area contributed by atoms with Crippen LogP contribution in [0.25, 0.3) is 5.82 Å². The van der Waals surface area contributed by atoms with E-state index in [1.807, 2.05) is 26.1 Å². The molecule has 1 amide bonds. The van der Waals surface area contributed by atoms with Crippen molar-refractivity contribution in [2.45, 2.75) is 13.8 Å². The lowest BCUT2D eigenvalue weighted by atomic mass is 10.2. The van der Waals surface area contributed by atoms with Gasteiger partial charge in [0.1, 0.15) is 12.1 Å². The molecule has 2 aromatic rings. The van der Waals surface area contributed by atoms with Gasteiger partial charge in [-0.15, -0.1) is 0 Å². The predicted molar refractivity (Wildman–Crippen MR) is 77.8 cm³/mol. The van der Waals surface area contributed by atoms with Crippen molar-refractivity contribution >= 4 is 5.91 Å². The first-order valence-electron chi connectivity index (χ1n) is 6.50. The summed E-state index contributed by atoms with van der Waals surface area (Å²) in [6, 6.07) is 3.59. The molecule has 0 fully saturated rings. The maximum Gasteiger partial charge on any atom is 0.255 e. The molecule has 20 heavy (non-hydrogen) atoms. The molecule has 0 aliphatic carbocycles. The number of likely N-dealkylation sites (N-methyl/N-ethyl adjacent to an activating group) is 1. The van der Waals surface area contributed by atoms with Gasteiger partial charge in [-0.3, -0.25) is 9.36 Å². The Morgan fingerprint density at radius 2 is 2.25 bits per heavy atom. The molecule has 2 aromatic heterocycles. The van der Waals surface area contributed by atoms with Crippen LogP contribution < -0.4 is 0 Å². The number of amides is 1. The molecule has 0 radical (unpaired) electrons. The molecule has 0 spiro atoms. The smallest absolute Gasteiger partial charge is 0.255 e. The van der Waals surface area contributed by atoms with Gasteiger partial charge in [0.2, 0.25) is 0 Å². The van der Waals surface area contributed by atoms with Crippen LogP contribution in [0.3, 0.4) is 0 Å². The van der Waals surface area contributed by atoms with E-state index in [2.05, 4.69) is 16.5 Å². The second-order valence-electron chi connectivity index (χ2n) is 4.65. The first-order valence-corrected chi connectivity index (χ1v) is 6.50. The summed E-state index contributed by atoms with van der Waals surface area (Å²) in [7, 11) is 0. The van der Waals surface area contributed by atoms with E-state index in [9.17, 15) is 4.79 Å². The number of hydrogen-bond acceptors (Lipinski definition) is 3. The summed E-state index contributed by atoms with van der Waals surface area (Å²) < 4.78 is 1.79. The number of aromatic nitrogens is 3. The van der Waals surface area contributed by atoms with Crippen LogP contribution in [0.5, 0.6) is 0 Å². The average Bonchev–Trinajstić information content (AvgIpc) is 2.98. The van der Waals surface area contributed by atoms with Crippen molar-refractivity contribution in [3.63, 3.8) is 0 Å². The monoisotopic (exact) mass is 270 g/mol. The Balaban J connectivity index is 2.16. The highest BCUT2D eigenvalue weighted by Gasteiger charge is 2.14. The third kappa shape index (κ3) is 3.12. The summed E-state index contributed by atoms with van der Waals surface area (Å²) in [5.41, 5.74) is 1.54. The average molecular weight is 270 g/mol. The first kappa shape index (κ1) is 14.0. The zero-order chi connectivity index (χ0) is 14.5. The van der Waals surface area contributed by atoms with Gasteiger partial charge in [-0.2, -0.15) is 0 Å². The molecule has 2 rings (SSSR count). The number of carbonyl (C=O) groups excluding carboxylic acids is 1. The second kappa shape index (κ2) is 6.14. The van der Waals surface area contributed by atoms with Gasteiger partial charge in [-0.1, -0.05) is 12.2 Å². The van der Waals surface area contributed by atoms with Crippen molar-refractivity contribution < 1.29 is 4.79 Å². The van der Waals surface area contributed by atoms with Crippen LogP contribution in [-0.4, -0.2) is 38.4 Å². The van der Waals surface area contributed by atoms with Crippen molar-refractivity contribution in [2.24, 2.45) is 0 Å². The van der Waals surface area contributed by atoms with Crippen LogP contribution in [0.4, 0.5) is 0 Å². The van der Waals surface area contributed by atoms with Crippen LogP contribution >= 0.6 is 0 Å². The maximum atomic E-state index is 12.3. The molecular weight excluding hydrogens is 252 g/mol. The Labute approximate surface area is 118 Å². The van der Waals surface area contributed by atoms with E-state index in [0.717, 1.165) is 11.4 Å². The normalized spacial score (nSPS) is 10.3. The number of carbonyl (C=O) groups is 1. The van der Waals surface area contributed by atoms with Crippen molar-refractivity contribution in [2.75, 3.05) is 13.1 Å². The number of imidazole rings is 1. The van der Waals surface area contributed by atoms with Gasteiger partial charge < -0.3 is 4.90 Å². The van der Waals surface area contributed by atoms with Gasteiger partial charge in [-0.05, 0) is 26.0 Å². The predicted octanol–water partition coefficient (Wildman–Crippen LogP) is 2.31. The fraction of sp³-hybridized carbons (Fsp3) is 0.267. The minimum Gasteiger partial charge on any atom is -0.335 e. The first-order chi connectivity index (χ1) is 9.61. The molecule has 0 atom stereocenters. The maximum absolute atomic E-state index is 12.3. The van der Waals surface area contributed by atoms with Gasteiger partial charge in [0.15, 0.2) is 0 Å². The van der Waals surface area contributed by atoms with E-state index < -0.39 is 0 Å². The van der Waals surface area contributed by atoms with E-state index in [-0.39, 0.29) is 5.91 Å². The Morgan fingerprint density at radius 1 is 1.45 bits per heavy atom. The van der Waals surface area contributed by atoms with E-state index in [1.165, 1.54) is 0 Å². The number of rotatable bonds is 5. The summed E-state index contributed by atoms with van der Waals surface area (Å²) in [5, 5.41) is 0. The lowest BCUT2D eigenvalue weighted by molar-refractivity contribution is 0.0778. The number of nitrogens with zero attached hydrogens (tertiary/aromatic N) is 4. The molecule has 0 aliphatic heterocycles. The SMILES string of the molecule is C=C(C)CN(CC)C(=O)c1ccc(-n2ccnc2)nc1. The van der Waals surface area contributed by atoms with Gasteiger partial charge >= 0.3 is 0 Å². The molecule has 0 aliphatic rings. The molecule has 5 nitrogen and oxygen atoms in total. The molecule has 2 heterocycles. The zero-order valence-electron chi connectivity index (χ0n) is 11.8. The fourth-order valence-electron chi connectivity index (χ4n) is 1.90. The third-order valence-corrected chi connectivity index (χ3v) is 2.89. The van der Waals surface area contributed by atoms with Gasteiger partial charge in [-0.25, -0.2) is 9.97 Å². The van der Waals surface area contributed by atoms with Crippen LogP contribution in [-0.2, 0) is 0 Å². The number of pyridine rings is 1. The largest absolute Gasteiger partial charge is 0.335 e. The Hall–Kier alpha value is -2.43. The number of hydrogen-bond donors (Lipinski definition) is 0. The molecule has 5 heteroatoms. The highest BCUT2D eigenvalue weighted by molar-refractivity contribution is 5.94. The lowest BCUT2D eigenvalue weighted by Crippen LogP contribution is -2.32. The molecule has 0 bridgehead atoms. The van der Waals surface area contributed by atoms with Crippen molar-refractivity contribution in [3.8, 4) is 5.82 Å². The molecular formula is C15H18N4O. The van der Waals surface area contributed by atoms with Crippen molar-refractivity contribution in [1.29, 1.82) is 0 Å². The Morgan fingerprint density at radius 3 is 2.75 bits per heavy atom. The zero-order valence-corrected chi connectivity index (χ0v) is 11.8. The van der Waals surface area contributed by atoms with E-state index in [1.54, 1.807) is 34.3 Å². The van der Waals surface area contributed by atoms with Crippen LogP contribution in [0, 0.1) is 0 Å². The summed E-state index contributed by atoms with van der Waals surface area (Å²) >= 11 is 0. The molecule has 0 saturated heterocycles. The summed E-state index contributed by atoms with van der Waals surface area (Å²) in [6.45, 7) is 8.93. The molecule has 0 saturated carbocycles. The summed E-state index contributed by atoms with van der Waals surface area (Å²) in [4.78, 5) is 22.3. The third-order valence-electron chi connectivity index (χ3n) is 2.89. The van der Waals surface area contributed by atoms with Gasteiger partial charge in [0, 0.05) is 31.7 Å². The second-order valence-corrected chi connectivity index (χ2v) is 4.65. The molecule has 104 valence electrons. The quantitative estimate of drug-likeness (QED) is 0.783. The summed E-state index contributed by atoms with van der Waals surface area (Å²) in [5.74, 6) is 0.710. The van der Waals surface area contributed by atoms with E-state index >= 15 is 0 Å². The topological polar surface area (TPSA) is 51.0 Å².